The van der Waals surface area contributed by atoms with Crippen LogP contribution in [0.25, 0.3) is 0 Å². The molecule has 0 aliphatic carbocycles. The van der Waals surface area contributed by atoms with Gasteiger partial charge < -0.3 is 14.0 Å². The molecule has 0 bridgehead atoms. The van der Waals surface area contributed by atoms with Crippen LogP contribution in [-0.2, 0) is 15.5 Å². The lowest BCUT2D eigenvalue weighted by atomic mass is 9.79. The van der Waals surface area contributed by atoms with Crippen molar-refractivity contribution in [1.82, 2.24) is 4.98 Å². The Kier molecular flexibility index (Phi) is 5.48. The maximum Gasteiger partial charge on any atom is 0.496 e. The van der Waals surface area contributed by atoms with Gasteiger partial charge in [-0.15, -0.1) is 0 Å². The van der Waals surface area contributed by atoms with Crippen LogP contribution in [0, 0.1) is 0 Å². The summed E-state index contributed by atoms with van der Waals surface area (Å²) in [5.74, 6) is -5.85. The maximum atomic E-state index is 13.3. The average Bonchev–Trinajstić information content (AvgIpc) is 2.72. The number of aromatic nitrogens is 1. The molecule has 0 N–H and O–H groups in total. The van der Waals surface area contributed by atoms with Crippen molar-refractivity contribution in [2.75, 3.05) is 6.61 Å². The summed E-state index contributed by atoms with van der Waals surface area (Å²) in [5, 5.41) is 0. The third kappa shape index (κ3) is 4.48. The first-order chi connectivity index (χ1) is 12.1. The molecule has 152 valence electrons. The second-order valence-corrected chi connectivity index (χ2v) is 7.06. The molecule has 12 heteroatoms. The molecule has 1 aliphatic heterocycles. The summed E-state index contributed by atoms with van der Waals surface area (Å²) in [7, 11) is -1.18. The van der Waals surface area contributed by atoms with E-state index < -0.39 is 54.9 Å². The summed E-state index contributed by atoms with van der Waals surface area (Å²) in [6, 6.07) is 0.574. The van der Waals surface area contributed by atoms with Gasteiger partial charge in [0.2, 0.25) is 5.88 Å². The number of hydrogen-bond acceptors (Lipinski definition) is 4. The smallest absolute Gasteiger partial charge is 0.471 e. The van der Waals surface area contributed by atoms with Crippen molar-refractivity contribution in [3.63, 3.8) is 0 Å². The standard InChI is InChI=1S/C15H17BF7NO3/c1-12(2)13(3,4)27-16(26-12)8-5-9(15(21,22)23)10(24-6-8)25-7-14(19,20)11(17)18/h5-6,11H,7H2,1-4H3. The van der Waals surface area contributed by atoms with E-state index in [9.17, 15) is 30.7 Å². The van der Waals surface area contributed by atoms with Crippen LogP contribution in [-0.4, -0.2) is 42.3 Å². The number of nitrogens with zero attached hydrogens (tertiary/aromatic N) is 1. The first-order valence-electron chi connectivity index (χ1n) is 7.78. The fourth-order valence-electron chi connectivity index (χ4n) is 2.12. The van der Waals surface area contributed by atoms with Gasteiger partial charge in [-0.3, -0.25) is 0 Å². The minimum absolute atomic E-state index is 0.117. The Hall–Kier alpha value is -1.56. The van der Waals surface area contributed by atoms with Gasteiger partial charge in [0.25, 0.3) is 0 Å². The van der Waals surface area contributed by atoms with Crippen LogP contribution >= 0.6 is 0 Å². The molecule has 0 unspecified atom stereocenters. The fraction of sp³-hybridized carbons (Fsp3) is 0.667. The van der Waals surface area contributed by atoms with Crippen LogP contribution in [0.15, 0.2) is 12.3 Å². The molecule has 1 aromatic rings. The van der Waals surface area contributed by atoms with E-state index in [1.165, 1.54) is 0 Å². The van der Waals surface area contributed by atoms with Gasteiger partial charge >= 0.3 is 25.6 Å². The van der Waals surface area contributed by atoms with Crippen molar-refractivity contribution in [2.45, 2.75) is 57.4 Å². The predicted molar refractivity (Wildman–Crippen MR) is 81.4 cm³/mol. The molecule has 27 heavy (non-hydrogen) atoms. The molecule has 0 saturated carbocycles. The van der Waals surface area contributed by atoms with E-state index in [4.69, 9.17) is 9.31 Å². The SMILES string of the molecule is CC1(C)OB(c2cnc(OCC(F)(F)C(F)F)c(C(F)(F)F)c2)OC1(C)C. The molecular weight excluding hydrogens is 386 g/mol. The zero-order valence-electron chi connectivity index (χ0n) is 14.8. The van der Waals surface area contributed by atoms with Gasteiger partial charge in [-0.2, -0.15) is 22.0 Å². The summed E-state index contributed by atoms with van der Waals surface area (Å²) in [6.45, 7) is 4.81. The molecule has 0 radical (unpaired) electrons. The number of alkyl halides is 7. The zero-order chi connectivity index (χ0) is 20.8. The molecule has 2 rings (SSSR count). The Bertz CT molecular complexity index is 678. The molecule has 0 spiro atoms. The Balaban J connectivity index is 2.32. The van der Waals surface area contributed by atoms with Crippen molar-refractivity contribution in [1.29, 1.82) is 0 Å². The van der Waals surface area contributed by atoms with Crippen LogP contribution in [0.4, 0.5) is 30.7 Å². The van der Waals surface area contributed by atoms with E-state index in [1.54, 1.807) is 27.7 Å². The van der Waals surface area contributed by atoms with E-state index in [0.717, 1.165) is 6.20 Å². The van der Waals surface area contributed by atoms with Crippen molar-refractivity contribution >= 4 is 12.6 Å². The fourth-order valence-corrected chi connectivity index (χ4v) is 2.12. The van der Waals surface area contributed by atoms with Gasteiger partial charge in [-0.05, 0) is 33.8 Å². The monoisotopic (exact) mass is 403 g/mol. The summed E-state index contributed by atoms with van der Waals surface area (Å²) >= 11 is 0. The first-order valence-corrected chi connectivity index (χ1v) is 7.78. The number of halogens is 7. The Morgan fingerprint density at radius 2 is 1.59 bits per heavy atom. The quantitative estimate of drug-likeness (QED) is 0.556. The highest BCUT2D eigenvalue weighted by Crippen LogP contribution is 2.38. The Labute approximate surface area is 151 Å². The average molecular weight is 403 g/mol. The third-order valence-corrected chi connectivity index (χ3v) is 4.42. The Morgan fingerprint density at radius 1 is 1.07 bits per heavy atom. The minimum atomic E-state index is -5.03. The Morgan fingerprint density at radius 3 is 2.04 bits per heavy atom. The van der Waals surface area contributed by atoms with Gasteiger partial charge in [0.1, 0.15) is 5.56 Å². The summed E-state index contributed by atoms with van der Waals surface area (Å²) in [4.78, 5) is 3.37. The molecule has 1 fully saturated rings. The number of ether oxygens (including phenoxy) is 1. The lowest BCUT2D eigenvalue weighted by Crippen LogP contribution is -2.41. The molecule has 0 amide bonds. The zero-order valence-corrected chi connectivity index (χ0v) is 14.8. The molecule has 0 aromatic carbocycles. The maximum absolute atomic E-state index is 13.3. The number of rotatable bonds is 5. The molecule has 1 aromatic heterocycles. The lowest BCUT2D eigenvalue weighted by Gasteiger charge is -2.32. The van der Waals surface area contributed by atoms with Crippen molar-refractivity contribution in [3.05, 3.63) is 17.8 Å². The normalized spacial score (nSPS) is 19.6. The van der Waals surface area contributed by atoms with Crippen molar-refractivity contribution in [2.24, 2.45) is 0 Å². The van der Waals surface area contributed by atoms with E-state index in [0.29, 0.717) is 6.07 Å². The molecule has 0 atom stereocenters. The van der Waals surface area contributed by atoms with Crippen LogP contribution in [0.2, 0.25) is 0 Å². The van der Waals surface area contributed by atoms with Crippen molar-refractivity contribution in [3.8, 4) is 5.88 Å². The second-order valence-electron chi connectivity index (χ2n) is 7.06. The predicted octanol–water partition coefficient (Wildman–Crippen LogP) is 3.68. The first kappa shape index (κ1) is 21.7. The van der Waals surface area contributed by atoms with Gasteiger partial charge in [-0.1, -0.05) is 0 Å². The lowest BCUT2D eigenvalue weighted by molar-refractivity contribution is -0.154. The molecule has 1 aliphatic rings. The second kappa shape index (κ2) is 6.80. The van der Waals surface area contributed by atoms with E-state index in [2.05, 4.69) is 9.72 Å². The van der Waals surface area contributed by atoms with Crippen LogP contribution in [0.3, 0.4) is 0 Å². The van der Waals surface area contributed by atoms with Crippen molar-refractivity contribution < 1.29 is 44.8 Å². The van der Waals surface area contributed by atoms with Gasteiger partial charge in [0.15, 0.2) is 6.61 Å². The highest BCUT2D eigenvalue weighted by molar-refractivity contribution is 6.62. The van der Waals surface area contributed by atoms with Gasteiger partial charge in [0, 0.05) is 11.7 Å². The van der Waals surface area contributed by atoms with Crippen LogP contribution in [0.5, 0.6) is 5.88 Å². The summed E-state index contributed by atoms with van der Waals surface area (Å²) < 4.78 is 105. The topological polar surface area (TPSA) is 40.6 Å². The van der Waals surface area contributed by atoms with Gasteiger partial charge in [0.05, 0.1) is 11.2 Å². The van der Waals surface area contributed by atoms with Crippen LogP contribution in [0.1, 0.15) is 33.3 Å². The summed E-state index contributed by atoms with van der Waals surface area (Å²) in [6.07, 6.45) is -8.22. The molecule has 1 saturated heterocycles. The number of hydrogen-bond donors (Lipinski definition) is 0. The third-order valence-electron chi connectivity index (χ3n) is 4.42. The van der Waals surface area contributed by atoms with Crippen LogP contribution < -0.4 is 10.2 Å². The molecule has 2 heterocycles. The van der Waals surface area contributed by atoms with E-state index in [-0.39, 0.29) is 5.46 Å². The highest BCUT2D eigenvalue weighted by atomic mass is 19.4. The number of pyridine rings is 1. The summed E-state index contributed by atoms with van der Waals surface area (Å²) in [5.41, 5.74) is -3.27. The molecule has 4 nitrogen and oxygen atoms in total. The highest BCUT2D eigenvalue weighted by Gasteiger charge is 2.52. The van der Waals surface area contributed by atoms with Gasteiger partial charge in [-0.25, -0.2) is 13.8 Å². The van der Waals surface area contributed by atoms with E-state index >= 15 is 0 Å². The largest absolute Gasteiger partial charge is 0.496 e. The molecular formula is C15H17BF7NO3. The minimum Gasteiger partial charge on any atom is -0.471 e. The van der Waals surface area contributed by atoms with E-state index in [1.807, 2.05) is 0 Å².